The number of fused-ring (bicyclic) bond motifs is 1. The third-order valence-corrected chi connectivity index (χ3v) is 5.06. The molecule has 0 saturated carbocycles. The lowest BCUT2D eigenvalue weighted by molar-refractivity contribution is -0.142. The Balaban J connectivity index is 1.39. The van der Waals surface area contributed by atoms with Gasteiger partial charge in [-0.15, -0.1) is 0 Å². The van der Waals surface area contributed by atoms with Gasteiger partial charge in [0.25, 0.3) is 5.91 Å². The Morgan fingerprint density at radius 2 is 1.78 bits per heavy atom. The van der Waals surface area contributed by atoms with Crippen molar-refractivity contribution < 1.29 is 19.1 Å². The molecule has 0 saturated heterocycles. The zero-order valence-corrected chi connectivity index (χ0v) is 18.1. The summed E-state index contributed by atoms with van der Waals surface area (Å²) in [5.41, 5.74) is 2.78. The smallest absolute Gasteiger partial charge is 0.310 e. The molecule has 4 rings (SSSR count). The largest absolute Gasteiger partial charge is 0.466 e. The zero-order chi connectivity index (χ0) is 22.5. The fraction of sp³-hybridized carbons (Fsp3) is 0.120. The molecule has 0 aliphatic heterocycles. The Morgan fingerprint density at radius 1 is 1.00 bits per heavy atom. The van der Waals surface area contributed by atoms with E-state index in [1.54, 1.807) is 49.4 Å². The van der Waals surface area contributed by atoms with Crippen LogP contribution in [-0.2, 0) is 16.0 Å². The van der Waals surface area contributed by atoms with Crippen LogP contribution in [0.5, 0.6) is 11.5 Å². The number of carbonyl (C=O) groups excluding carboxylic acids is 2. The number of hydrogen-bond donors (Lipinski definition) is 2. The van der Waals surface area contributed by atoms with Gasteiger partial charge in [-0.05, 0) is 61.0 Å². The summed E-state index contributed by atoms with van der Waals surface area (Å²) in [6.07, 6.45) is 0.151. The fourth-order valence-electron chi connectivity index (χ4n) is 3.24. The van der Waals surface area contributed by atoms with Crippen molar-refractivity contribution in [1.82, 2.24) is 4.98 Å². The molecule has 0 spiro atoms. The van der Waals surface area contributed by atoms with Crippen LogP contribution >= 0.6 is 11.6 Å². The zero-order valence-electron chi connectivity index (χ0n) is 17.4. The van der Waals surface area contributed by atoms with Gasteiger partial charge in [-0.1, -0.05) is 35.9 Å². The molecule has 6 nitrogen and oxygen atoms in total. The molecule has 4 aromatic rings. The molecule has 0 aliphatic carbocycles. The summed E-state index contributed by atoms with van der Waals surface area (Å²) in [5.74, 6) is 0.500. The highest BCUT2D eigenvalue weighted by atomic mass is 35.5. The average molecular weight is 449 g/mol. The van der Waals surface area contributed by atoms with Gasteiger partial charge < -0.3 is 19.8 Å². The highest BCUT2D eigenvalue weighted by molar-refractivity contribution is 6.32. The van der Waals surface area contributed by atoms with Crippen molar-refractivity contribution >= 4 is 40.1 Å². The number of carbonyl (C=O) groups is 2. The van der Waals surface area contributed by atoms with Crippen molar-refractivity contribution in [2.24, 2.45) is 0 Å². The molecule has 32 heavy (non-hydrogen) atoms. The van der Waals surface area contributed by atoms with Crippen LogP contribution < -0.4 is 10.1 Å². The molecule has 2 N–H and O–H groups in total. The predicted molar refractivity (Wildman–Crippen MR) is 125 cm³/mol. The third-order valence-electron chi connectivity index (χ3n) is 4.76. The van der Waals surface area contributed by atoms with Gasteiger partial charge in [-0.3, -0.25) is 9.59 Å². The van der Waals surface area contributed by atoms with Crippen molar-refractivity contribution in [1.29, 1.82) is 0 Å². The van der Waals surface area contributed by atoms with Crippen molar-refractivity contribution in [2.45, 2.75) is 13.3 Å². The first kappa shape index (κ1) is 21.5. The average Bonchev–Trinajstić information content (AvgIpc) is 3.22. The quantitative estimate of drug-likeness (QED) is 0.341. The molecular formula is C25H21ClN2O4. The predicted octanol–water partition coefficient (Wildman–Crippen LogP) is 5.97. The number of rotatable bonds is 7. The van der Waals surface area contributed by atoms with Gasteiger partial charge in [0.1, 0.15) is 17.2 Å². The van der Waals surface area contributed by atoms with Crippen LogP contribution in [0, 0.1) is 0 Å². The summed E-state index contributed by atoms with van der Waals surface area (Å²) in [6.45, 7) is 2.10. The van der Waals surface area contributed by atoms with E-state index in [4.69, 9.17) is 21.1 Å². The second-order valence-corrected chi connectivity index (χ2v) is 7.50. The molecule has 0 bridgehead atoms. The molecular weight excluding hydrogens is 428 g/mol. The number of aromatic nitrogens is 1. The van der Waals surface area contributed by atoms with Gasteiger partial charge in [0, 0.05) is 16.6 Å². The number of esters is 1. The van der Waals surface area contributed by atoms with Crippen LogP contribution in [0.2, 0.25) is 5.02 Å². The third kappa shape index (κ3) is 5.10. The van der Waals surface area contributed by atoms with Gasteiger partial charge >= 0.3 is 5.97 Å². The molecule has 1 heterocycles. The summed E-state index contributed by atoms with van der Waals surface area (Å²) in [6, 6.07) is 21.7. The standard InChI is InChI=1S/C25H21ClN2O4/c1-2-31-24(29)14-16-7-12-23(20(26)13-16)32-19-10-8-18(9-11-19)27-25(30)22-15-17-5-3-4-6-21(17)28-22/h3-13,15,28H,2,14H2,1H3,(H,27,30). The Kier molecular flexibility index (Phi) is 6.42. The summed E-state index contributed by atoms with van der Waals surface area (Å²) in [4.78, 5) is 27.3. The van der Waals surface area contributed by atoms with Gasteiger partial charge in [0.15, 0.2) is 0 Å². The van der Waals surface area contributed by atoms with Gasteiger partial charge in [0.2, 0.25) is 0 Å². The topological polar surface area (TPSA) is 80.4 Å². The van der Waals surface area contributed by atoms with Crippen LogP contribution in [-0.4, -0.2) is 23.5 Å². The van der Waals surface area contributed by atoms with E-state index in [1.165, 1.54) is 0 Å². The van der Waals surface area contributed by atoms with Crippen LogP contribution in [0.4, 0.5) is 5.69 Å². The first-order valence-corrected chi connectivity index (χ1v) is 10.5. The highest BCUT2D eigenvalue weighted by Crippen LogP contribution is 2.31. The lowest BCUT2D eigenvalue weighted by Gasteiger charge is -2.10. The number of aromatic amines is 1. The molecule has 1 aromatic heterocycles. The summed E-state index contributed by atoms with van der Waals surface area (Å²) >= 11 is 6.30. The maximum Gasteiger partial charge on any atom is 0.310 e. The minimum absolute atomic E-state index is 0.151. The molecule has 0 atom stereocenters. The number of halogens is 1. The molecule has 162 valence electrons. The summed E-state index contributed by atoms with van der Waals surface area (Å²) in [7, 11) is 0. The van der Waals surface area contributed by atoms with Crippen LogP contribution in [0.1, 0.15) is 23.0 Å². The van der Waals surface area contributed by atoms with E-state index in [9.17, 15) is 9.59 Å². The van der Waals surface area contributed by atoms with E-state index in [0.29, 0.717) is 34.5 Å². The second kappa shape index (κ2) is 9.58. The minimum Gasteiger partial charge on any atom is -0.466 e. The van der Waals surface area contributed by atoms with E-state index in [2.05, 4.69) is 10.3 Å². The number of H-pyrrole nitrogens is 1. The lowest BCUT2D eigenvalue weighted by Crippen LogP contribution is -2.12. The van der Waals surface area contributed by atoms with Crippen molar-refractivity contribution in [3.63, 3.8) is 0 Å². The van der Waals surface area contributed by atoms with Gasteiger partial charge in [0.05, 0.1) is 18.1 Å². The molecule has 0 unspecified atom stereocenters. The first-order valence-electron chi connectivity index (χ1n) is 10.1. The number of benzene rings is 3. The molecule has 7 heteroatoms. The number of nitrogens with one attached hydrogen (secondary N) is 2. The maximum absolute atomic E-state index is 12.5. The minimum atomic E-state index is -0.303. The van der Waals surface area contributed by atoms with Crippen molar-refractivity contribution in [3.8, 4) is 11.5 Å². The van der Waals surface area contributed by atoms with E-state index in [1.807, 2.05) is 30.3 Å². The number of ether oxygens (including phenoxy) is 2. The molecule has 0 radical (unpaired) electrons. The molecule has 1 amide bonds. The molecule has 0 fully saturated rings. The number of para-hydroxylation sites is 1. The van der Waals surface area contributed by atoms with E-state index in [0.717, 1.165) is 16.5 Å². The Labute approximate surface area is 190 Å². The molecule has 3 aromatic carbocycles. The highest BCUT2D eigenvalue weighted by Gasteiger charge is 2.11. The van der Waals surface area contributed by atoms with Crippen molar-refractivity contribution in [2.75, 3.05) is 11.9 Å². The van der Waals surface area contributed by atoms with Crippen LogP contribution in [0.15, 0.2) is 72.8 Å². The second-order valence-electron chi connectivity index (χ2n) is 7.10. The van der Waals surface area contributed by atoms with Crippen LogP contribution in [0.3, 0.4) is 0 Å². The number of anilines is 1. The van der Waals surface area contributed by atoms with E-state index < -0.39 is 0 Å². The normalized spacial score (nSPS) is 10.7. The number of amides is 1. The number of hydrogen-bond acceptors (Lipinski definition) is 4. The maximum atomic E-state index is 12.5. The van der Waals surface area contributed by atoms with E-state index >= 15 is 0 Å². The Bertz CT molecular complexity index is 1230. The SMILES string of the molecule is CCOC(=O)Cc1ccc(Oc2ccc(NC(=O)c3cc4ccccc4[nH]3)cc2)c(Cl)c1. The van der Waals surface area contributed by atoms with Gasteiger partial charge in [-0.25, -0.2) is 0 Å². The fourth-order valence-corrected chi connectivity index (χ4v) is 3.48. The van der Waals surface area contributed by atoms with Gasteiger partial charge in [-0.2, -0.15) is 0 Å². The lowest BCUT2D eigenvalue weighted by atomic mass is 10.1. The monoisotopic (exact) mass is 448 g/mol. The Morgan fingerprint density at radius 3 is 2.50 bits per heavy atom. The summed E-state index contributed by atoms with van der Waals surface area (Å²) < 4.78 is 10.8. The molecule has 0 aliphatic rings. The Hall–Kier alpha value is -3.77. The van der Waals surface area contributed by atoms with Crippen LogP contribution in [0.25, 0.3) is 10.9 Å². The van der Waals surface area contributed by atoms with Crippen molar-refractivity contribution in [3.05, 3.63) is 89.1 Å². The van der Waals surface area contributed by atoms with E-state index in [-0.39, 0.29) is 18.3 Å². The summed E-state index contributed by atoms with van der Waals surface area (Å²) in [5, 5.41) is 4.23. The first-order chi connectivity index (χ1) is 15.5.